The van der Waals surface area contributed by atoms with Crippen LogP contribution in [0.1, 0.15) is 35.2 Å². The van der Waals surface area contributed by atoms with Crippen molar-refractivity contribution in [3.8, 4) is 5.75 Å². The minimum Gasteiger partial charge on any atom is -0.496 e. The Morgan fingerprint density at radius 2 is 2.21 bits per heavy atom. The molecule has 14 heavy (non-hydrogen) atoms. The summed E-state index contributed by atoms with van der Waals surface area (Å²) in [6, 6.07) is 5.88. The molecule has 0 aliphatic heterocycles. The van der Waals surface area contributed by atoms with E-state index in [4.69, 9.17) is 4.74 Å². The lowest BCUT2D eigenvalue weighted by Crippen LogP contribution is -1.92. The average Bonchev–Trinajstić information content (AvgIpc) is 2.94. The number of hydrogen-bond donors (Lipinski definition) is 0. The number of hydrogen-bond acceptors (Lipinski definition) is 2. The lowest BCUT2D eigenvalue weighted by atomic mass is 10.1. The van der Waals surface area contributed by atoms with Gasteiger partial charge in [0.05, 0.1) is 12.7 Å². The SMILES string of the molecule is COc1ccc(C2CC2C)cc1C=O. The van der Waals surface area contributed by atoms with Crippen molar-refractivity contribution in [2.75, 3.05) is 7.11 Å². The molecule has 1 aliphatic carbocycles. The van der Waals surface area contributed by atoms with E-state index in [0.29, 0.717) is 17.2 Å². The quantitative estimate of drug-likeness (QED) is 0.685. The van der Waals surface area contributed by atoms with Crippen LogP contribution in [0, 0.1) is 5.92 Å². The van der Waals surface area contributed by atoms with E-state index in [1.165, 1.54) is 12.0 Å². The van der Waals surface area contributed by atoms with E-state index in [1.807, 2.05) is 12.1 Å². The summed E-state index contributed by atoms with van der Waals surface area (Å²) < 4.78 is 5.09. The van der Waals surface area contributed by atoms with E-state index in [-0.39, 0.29) is 0 Å². The topological polar surface area (TPSA) is 26.3 Å². The molecule has 74 valence electrons. The van der Waals surface area contributed by atoms with Gasteiger partial charge in [-0.3, -0.25) is 4.79 Å². The molecule has 1 fully saturated rings. The highest BCUT2D eigenvalue weighted by molar-refractivity contribution is 5.79. The Morgan fingerprint density at radius 1 is 1.50 bits per heavy atom. The monoisotopic (exact) mass is 190 g/mol. The normalized spacial score (nSPS) is 24.4. The van der Waals surface area contributed by atoms with Gasteiger partial charge in [-0.1, -0.05) is 13.0 Å². The van der Waals surface area contributed by atoms with Gasteiger partial charge in [-0.2, -0.15) is 0 Å². The predicted molar refractivity (Wildman–Crippen MR) is 54.9 cm³/mol. The molecule has 0 saturated heterocycles. The van der Waals surface area contributed by atoms with Crippen LogP contribution in [0.4, 0.5) is 0 Å². The molecule has 1 aromatic rings. The molecule has 0 amide bonds. The second-order valence-electron chi connectivity index (χ2n) is 3.94. The van der Waals surface area contributed by atoms with Crippen LogP contribution in [-0.4, -0.2) is 13.4 Å². The average molecular weight is 190 g/mol. The van der Waals surface area contributed by atoms with Crippen LogP contribution < -0.4 is 4.74 Å². The van der Waals surface area contributed by atoms with E-state index in [2.05, 4.69) is 13.0 Å². The molecule has 2 nitrogen and oxygen atoms in total. The van der Waals surface area contributed by atoms with E-state index in [0.717, 1.165) is 12.2 Å². The fraction of sp³-hybridized carbons (Fsp3) is 0.417. The Morgan fingerprint density at radius 3 is 2.71 bits per heavy atom. The van der Waals surface area contributed by atoms with Crippen molar-refractivity contribution < 1.29 is 9.53 Å². The van der Waals surface area contributed by atoms with Crippen molar-refractivity contribution in [1.29, 1.82) is 0 Å². The fourth-order valence-corrected chi connectivity index (χ4v) is 1.86. The molecule has 0 spiro atoms. The maximum atomic E-state index is 10.8. The minimum atomic E-state index is 0.652. The van der Waals surface area contributed by atoms with Gasteiger partial charge in [0.2, 0.25) is 0 Å². The molecule has 0 N–H and O–H groups in total. The largest absolute Gasteiger partial charge is 0.496 e. The fourth-order valence-electron chi connectivity index (χ4n) is 1.86. The van der Waals surface area contributed by atoms with Crippen molar-refractivity contribution in [2.45, 2.75) is 19.3 Å². The second kappa shape index (κ2) is 3.45. The summed E-state index contributed by atoms with van der Waals surface area (Å²) in [5, 5.41) is 0. The van der Waals surface area contributed by atoms with Gasteiger partial charge >= 0.3 is 0 Å². The van der Waals surface area contributed by atoms with Crippen LogP contribution in [-0.2, 0) is 0 Å². The van der Waals surface area contributed by atoms with E-state index in [9.17, 15) is 4.79 Å². The Hall–Kier alpha value is -1.31. The number of carbonyl (C=O) groups is 1. The molecule has 0 aromatic heterocycles. The third-order valence-electron chi connectivity index (χ3n) is 2.92. The molecule has 0 radical (unpaired) electrons. The van der Waals surface area contributed by atoms with E-state index in [1.54, 1.807) is 7.11 Å². The number of methoxy groups -OCH3 is 1. The Bertz CT molecular complexity index is 357. The lowest BCUT2D eigenvalue weighted by molar-refractivity contribution is 0.112. The molecule has 2 atom stereocenters. The first-order chi connectivity index (χ1) is 6.76. The summed E-state index contributed by atoms with van der Waals surface area (Å²) >= 11 is 0. The van der Waals surface area contributed by atoms with Crippen LogP contribution in [0.15, 0.2) is 18.2 Å². The summed E-state index contributed by atoms with van der Waals surface area (Å²) in [7, 11) is 1.59. The number of aldehydes is 1. The van der Waals surface area contributed by atoms with Crippen molar-refractivity contribution in [3.63, 3.8) is 0 Å². The number of ether oxygens (including phenoxy) is 1. The Labute approximate surface area is 83.9 Å². The first-order valence-electron chi connectivity index (χ1n) is 4.89. The zero-order valence-corrected chi connectivity index (χ0v) is 8.49. The molecular formula is C12H14O2. The van der Waals surface area contributed by atoms with Gasteiger partial charge in [-0.25, -0.2) is 0 Å². The molecule has 1 saturated carbocycles. The van der Waals surface area contributed by atoms with Crippen molar-refractivity contribution >= 4 is 6.29 Å². The minimum absolute atomic E-state index is 0.652. The van der Waals surface area contributed by atoms with E-state index < -0.39 is 0 Å². The highest BCUT2D eigenvalue weighted by atomic mass is 16.5. The molecule has 1 aromatic carbocycles. The van der Waals surface area contributed by atoms with Gasteiger partial charge in [0, 0.05) is 0 Å². The van der Waals surface area contributed by atoms with Gasteiger partial charge in [-0.15, -0.1) is 0 Å². The molecule has 1 aliphatic rings. The number of benzene rings is 1. The summed E-state index contributed by atoms with van der Waals surface area (Å²) in [6.07, 6.45) is 2.10. The van der Waals surface area contributed by atoms with Gasteiger partial charge in [0.1, 0.15) is 5.75 Å². The summed E-state index contributed by atoms with van der Waals surface area (Å²) in [5.74, 6) is 2.08. The highest BCUT2D eigenvalue weighted by Crippen LogP contribution is 2.47. The van der Waals surface area contributed by atoms with Gasteiger partial charge < -0.3 is 4.74 Å². The van der Waals surface area contributed by atoms with Crippen LogP contribution in [0.5, 0.6) is 5.75 Å². The van der Waals surface area contributed by atoms with Gasteiger partial charge in [0.25, 0.3) is 0 Å². The summed E-state index contributed by atoms with van der Waals surface area (Å²) in [5.41, 5.74) is 1.92. The van der Waals surface area contributed by atoms with Crippen molar-refractivity contribution in [2.24, 2.45) is 5.92 Å². The second-order valence-corrected chi connectivity index (χ2v) is 3.94. The highest BCUT2D eigenvalue weighted by Gasteiger charge is 2.34. The third-order valence-corrected chi connectivity index (χ3v) is 2.92. The molecular weight excluding hydrogens is 176 g/mol. The van der Waals surface area contributed by atoms with Crippen molar-refractivity contribution in [1.82, 2.24) is 0 Å². The molecule has 2 unspecified atom stereocenters. The number of rotatable bonds is 3. The lowest BCUT2D eigenvalue weighted by Gasteiger charge is -2.05. The first-order valence-corrected chi connectivity index (χ1v) is 4.89. The first kappa shape index (κ1) is 9.25. The maximum Gasteiger partial charge on any atom is 0.153 e. The summed E-state index contributed by atoms with van der Waals surface area (Å²) in [4.78, 5) is 10.8. The molecule has 0 bridgehead atoms. The maximum absolute atomic E-state index is 10.8. The molecule has 2 rings (SSSR count). The third kappa shape index (κ3) is 1.52. The standard InChI is InChI=1S/C12H14O2/c1-8-5-11(8)9-3-4-12(14-2)10(6-9)7-13/h3-4,6-8,11H,5H2,1-2H3. The van der Waals surface area contributed by atoms with Crippen LogP contribution in [0.2, 0.25) is 0 Å². The zero-order valence-electron chi connectivity index (χ0n) is 8.49. The number of carbonyl (C=O) groups excluding carboxylic acids is 1. The Balaban J connectivity index is 2.32. The van der Waals surface area contributed by atoms with Gasteiger partial charge in [0.15, 0.2) is 6.29 Å². The van der Waals surface area contributed by atoms with Crippen molar-refractivity contribution in [3.05, 3.63) is 29.3 Å². The van der Waals surface area contributed by atoms with Crippen LogP contribution >= 0.6 is 0 Å². The molecule has 0 heterocycles. The zero-order chi connectivity index (χ0) is 10.1. The van der Waals surface area contributed by atoms with Crippen LogP contribution in [0.3, 0.4) is 0 Å². The van der Waals surface area contributed by atoms with E-state index >= 15 is 0 Å². The van der Waals surface area contributed by atoms with Crippen LogP contribution in [0.25, 0.3) is 0 Å². The predicted octanol–water partition coefficient (Wildman–Crippen LogP) is 2.63. The smallest absolute Gasteiger partial charge is 0.153 e. The summed E-state index contributed by atoms with van der Waals surface area (Å²) in [6.45, 7) is 2.23. The Kier molecular flexibility index (Phi) is 2.28. The van der Waals surface area contributed by atoms with Gasteiger partial charge in [-0.05, 0) is 36.0 Å². The molecule has 2 heteroatoms.